The number of aryl methyl sites for hydroxylation is 2. The largest absolute Gasteiger partial charge is 0.303 e. The Bertz CT molecular complexity index is 271. The summed E-state index contributed by atoms with van der Waals surface area (Å²) in [6.45, 7) is 3.74. The molecule has 0 saturated heterocycles. The lowest BCUT2D eigenvalue weighted by Gasteiger charge is -1.99. The number of carbonyl (C=O) groups excluding carboxylic acids is 1. The highest BCUT2D eigenvalue weighted by atomic mass is 16.1. The first-order valence-electron chi connectivity index (χ1n) is 3.47. The van der Waals surface area contributed by atoms with Gasteiger partial charge in [0.05, 0.1) is 17.1 Å². The van der Waals surface area contributed by atoms with Crippen molar-refractivity contribution in [3.05, 3.63) is 23.3 Å². The molecular weight excluding hydrogens is 140 g/mol. The predicted octanol–water partition coefficient (Wildman–Crippen LogP) is 0.835. The molecule has 0 aliphatic carbocycles. The molecule has 1 rings (SSSR count). The second-order valence-corrected chi connectivity index (χ2v) is 2.41. The molecule has 0 bridgehead atoms. The Hall–Kier alpha value is -1.25. The van der Waals surface area contributed by atoms with Gasteiger partial charge < -0.3 is 4.79 Å². The standard InChI is InChI=1S/C8H10N2O/c1-6-5-9-8(3-4-11)7(2)10-6/h4-5H,3H2,1-2H3. The number of rotatable bonds is 2. The van der Waals surface area contributed by atoms with Crippen molar-refractivity contribution in [1.29, 1.82) is 0 Å². The molecule has 0 fully saturated rings. The lowest BCUT2D eigenvalue weighted by atomic mass is 10.2. The summed E-state index contributed by atoms with van der Waals surface area (Å²) in [5, 5.41) is 0. The predicted molar refractivity (Wildman–Crippen MR) is 41.3 cm³/mol. The summed E-state index contributed by atoms with van der Waals surface area (Å²) >= 11 is 0. The van der Waals surface area contributed by atoms with Gasteiger partial charge in [0, 0.05) is 12.6 Å². The summed E-state index contributed by atoms with van der Waals surface area (Å²) in [7, 11) is 0. The van der Waals surface area contributed by atoms with Gasteiger partial charge in [-0.2, -0.15) is 0 Å². The van der Waals surface area contributed by atoms with Crippen molar-refractivity contribution in [2.24, 2.45) is 0 Å². The van der Waals surface area contributed by atoms with Crippen LogP contribution < -0.4 is 0 Å². The third kappa shape index (κ3) is 1.83. The summed E-state index contributed by atoms with van der Waals surface area (Å²) in [6, 6.07) is 0. The molecule has 58 valence electrons. The average molecular weight is 150 g/mol. The average Bonchev–Trinajstić information content (AvgIpc) is 1.95. The minimum absolute atomic E-state index is 0.360. The van der Waals surface area contributed by atoms with Gasteiger partial charge in [0.25, 0.3) is 0 Å². The van der Waals surface area contributed by atoms with Crippen molar-refractivity contribution in [2.75, 3.05) is 0 Å². The molecule has 11 heavy (non-hydrogen) atoms. The van der Waals surface area contributed by atoms with E-state index in [2.05, 4.69) is 9.97 Å². The van der Waals surface area contributed by atoms with Crippen LogP contribution in [0, 0.1) is 13.8 Å². The number of aldehydes is 1. The van der Waals surface area contributed by atoms with Crippen molar-refractivity contribution in [1.82, 2.24) is 9.97 Å². The van der Waals surface area contributed by atoms with Gasteiger partial charge in [0.1, 0.15) is 6.29 Å². The van der Waals surface area contributed by atoms with Gasteiger partial charge in [-0.1, -0.05) is 0 Å². The van der Waals surface area contributed by atoms with Crippen LogP contribution in [0.2, 0.25) is 0 Å². The molecule has 0 saturated carbocycles. The van der Waals surface area contributed by atoms with E-state index in [0.717, 1.165) is 23.4 Å². The number of aromatic nitrogens is 2. The Balaban J connectivity index is 2.98. The zero-order valence-corrected chi connectivity index (χ0v) is 6.66. The molecule has 0 radical (unpaired) electrons. The van der Waals surface area contributed by atoms with Crippen LogP contribution in [-0.2, 0) is 11.2 Å². The number of nitrogens with zero attached hydrogens (tertiary/aromatic N) is 2. The van der Waals surface area contributed by atoms with Crippen molar-refractivity contribution < 1.29 is 4.79 Å². The summed E-state index contributed by atoms with van der Waals surface area (Å²) in [5.74, 6) is 0. The van der Waals surface area contributed by atoms with E-state index in [1.54, 1.807) is 6.20 Å². The minimum atomic E-state index is 0.360. The highest BCUT2D eigenvalue weighted by Gasteiger charge is 1.99. The van der Waals surface area contributed by atoms with Gasteiger partial charge in [-0.15, -0.1) is 0 Å². The molecule has 1 aromatic rings. The van der Waals surface area contributed by atoms with Gasteiger partial charge in [0.15, 0.2) is 0 Å². The molecule has 0 spiro atoms. The second kappa shape index (κ2) is 3.23. The van der Waals surface area contributed by atoms with E-state index < -0.39 is 0 Å². The summed E-state index contributed by atoms with van der Waals surface area (Å²) < 4.78 is 0. The first-order chi connectivity index (χ1) is 5.24. The Kier molecular flexibility index (Phi) is 2.31. The molecule has 1 aromatic heterocycles. The molecule has 3 nitrogen and oxygen atoms in total. The van der Waals surface area contributed by atoms with E-state index in [1.165, 1.54) is 0 Å². The Morgan fingerprint density at radius 2 is 2.27 bits per heavy atom. The van der Waals surface area contributed by atoms with E-state index in [4.69, 9.17) is 0 Å². The zero-order chi connectivity index (χ0) is 8.27. The van der Waals surface area contributed by atoms with Crippen LogP contribution in [-0.4, -0.2) is 16.3 Å². The first-order valence-corrected chi connectivity index (χ1v) is 3.47. The molecule has 0 aliphatic heterocycles. The van der Waals surface area contributed by atoms with Crippen LogP contribution in [0.15, 0.2) is 6.20 Å². The van der Waals surface area contributed by atoms with Crippen LogP contribution in [0.5, 0.6) is 0 Å². The minimum Gasteiger partial charge on any atom is -0.303 e. The maximum absolute atomic E-state index is 10.1. The van der Waals surface area contributed by atoms with Crippen molar-refractivity contribution >= 4 is 6.29 Å². The van der Waals surface area contributed by atoms with Crippen LogP contribution in [0.25, 0.3) is 0 Å². The maximum atomic E-state index is 10.1. The Morgan fingerprint density at radius 3 is 2.82 bits per heavy atom. The zero-order valence-electron chi connectivity index (χ0n) is 6.66. The molecule has 0 aromatic carbocycles. The lowest BCUT2D eigenvalue weighted by Crippen LogP contribution is -1.98. The lowest BCUT2D eigenvalue weighted by molar-refractivity contribution is -0.107. The number of hydrogen-bond donors (Lipinski definition) is 0. The summed E-state index contributed by atoms with van der Waals surface area (Å²) in [5.41, 5.74) is 2.50. The fourth-order valence-corrected chi connectivity index (χ4v) is 0.902. The van der Waals surface area contributed by atoms with Gasteiger partial charge in [-0.25, -0.2) is 0 Å². The van der Waals surface area contributed by atoms with Crippen LogP contribution in [0.1, 0.15) is 17.1 Å². The molecular formula is C8H10N2O. The Morgan fingerprint density at radius 1 is 1.55 bits per heavy atom. The third-order valence-corrected chi connectivity index (χ3v) is 1.45. The highest BCUT2D eigenvalue weighted by Crippen LogP contribution is 2.01. The topological polar surface area (TPSA) is 42.9 Å². The molecule has 0 amide bonds. The first kappa shape index (κ1) is 7.85. The second-order valence-electron chi connectivity index (χ2n) is 2.41. The van der Waals surface area contributed by atoms with E-state index in [-0.39, 0.29) is 0 Å². The molecule has 0 aliphatic rings. The molecule has 0 unspecified atom stereocenters. The normalized spacial score (nSPS) is 9.64. The monoisotopic (exact) mass is 150 g/mol. The van der Waals surface area contributed by atoms with E-state index >= 15 is 0 Å². The highest BCUT2D eigenvalue weighted by molar-refractivity contribution is 5.54. The maximum Gasteiger partial charge on any atom is 0.126 e. The molecule has 3 heteroatoms. The summed E-state index contributed by atoms with van der Waals surface area (Å²) in [4.78, 5) is 18.4. The SMILES string of the molecule is Cc1cnc(CC=O)c(C)n1. The fraction of sp³-hybridized carbons (Fsp3) is 0.375. The fourth-order valence-electron chi connectivity index (χ4n) is 0.902. The van der Waals surface area contributed by atoms with E-state index in [1.807, 2.05) is 13.8 Å². The molecule has 1 heterocycles. The smallest absolute Gasteiger partial charge is 0.126 e. The van der Waals surface area contributed by atoms with Crippen molar-refractivity contribution in [3.63, 3.8) is 0 Å². The third-order valence-electron chi connectivity index (χ3n) is 1.45. The van der Waals surface area contributed by atoms with Crippen LogP contribution >= 0.6 is 0 Å². The van der Waals surface area contributed by atoms with Gasteiger partial charge >= 0.3 is 0 Å². The Labute approximate surface area is 65.5 Å². The molecule has 0 atom stereocenters. The van der Waals surface area contributed by atoms with Gasteiger partial charge in [0.2, 0.25) is 0 Å². The van der Waals surface area contributed by atoms with Crippen LogP contribution in [0.4, 0.5) is 0 Å². The van der Waals surface area contributed by atoms with E-state index in [0.29, 0.717) is 6.42 Å². The van der Waals surface area contributed by atoms with E-state index in [9.17, 15) is 4.79 Å². The van der Waals surface area contributed by atoms with Crippen molar-refractivity contribution in [2.45, 2.75) is 20.3 Å². The van der Waals surface area contributed by atoms with Crippen LogP contribution in [0.3, 0.4) is 0 Å². The van der Waals surface area contributed by atoms with Gasteiger partial charge in [-0.05, 0) is 13.8 Å². The van der Waals surface area contributed by atoms with Gasteiger partial charge in [-0.3, -0.25) is 9.97 Å². The number of hydrogen-bond acceptors (Lipinski definition) is 3. The quantitative estimate of drug-likeness (QED) is 0.586. The molecule has 0 N–H and O–H groups in total. The summed E-state index contributed by atoms with van der Waals surface area (Å²) in [6.07, 6.45) is 2.87. The number of carbonyl (C=O) groups is 1. The van der Waals surface area contributed by atoms with Crippen molar-refractivity contribution in [3.8, 4) is 0 Å².